The third kappa shape index (κ3) is 4.36. The molecule has 5 nitrogen and oxygen atoms in total. The molecule has 0 bridgehead atoms. The normalized spacial score (nSPS) is 24.4. The number of piperidine rings is 1. The molecule has 0 saturated carbocycles. The Balaban J connectivity index is 1.55. The summed E-state index contributed by atoms with van der Waals surface area (Å²) in [5.74, 6) is 0.201. The third-order valence-electron chi connectivity index (χ3n) is 5.46. The highest BCUT2D eigenvalue weighted by Crippen LogP contribution is 2.24. The summed E-state index contributed by atoms with van der Waals surface area (Å²) in [7, 11) is 0. The van der Waals surface area contributed by atoms with Gasteiger partial charge in [0.25, 0.3) is 0 Å². The summed E-state index contributed by atoms with van der Waals surface area (Å²) in [6.07, 6.45) is 3.00. The predicted octanol–water partition coefficient (Wildman–Crippen LogP) is 1.63. The molecule has 0 unspecified atom stereocenters. The van der Waals surface area contributed by atoms with Gasteiger partial charge in [-0.2, -0.15) is 0 Å². The zero-order valence-electron chi connectivity index (χ0n) is 14.6. The highest BCUT2D eigenvalue weighted by atomic mass is 32.1. The molecule has 1 amide bonds. The Hall–Kier alpha value is -0.950. The molecule has 0 spiro atoms. The van der Waals surface area contributed by atoms with Gasteiger partial charge < -0.3 is 10.0 Å². The number of carbonyl (C=O) groups excluding carboxylic acids is 1. The van der Waals surface area contributed by atoms with Crippen LogP contribution >= 0.6 is 11.3 Å². The number of nitrogens with zero attached hydrogens (tertiary/aromatic N) is 3. The van der Waals surface area contributed by atoms with Crippen LogP contribution in [0.3, 0.4) is 0 Å². The zero-order chi connectivity index (χ0) is 16.9. The van der Waals surface area contributed by atoms with Gasteiger partial charge in [0.2, 0.25) is 5.91 Å². The molecule has 0 aromatic carbocycles. The first-order chi connectivity index (χ1) is 11.7. The molecule has 1 atom stereocenters. The Morgan fingerprint density at radius 3 is 2.71 bits per heavy atom. The van der Waals surface area contributed by atoms with E-state index in [0.29, 0.717) is 12.1 Å². The Kier molecular flexibility index (Phi) is 6.27. The van der Waals surface area contributed by atoms with Crippen molar-refractivity contribution < 1.29 is 9.90 Å². The molecule has 1 aromatic heterocycles. The van der Waals surface area contributed by atoms with Crippen molar-refractivity contribution in [2.24, 2.45) is 0 Å². The van der Waals surface area contributed by atoms with E-state index < -0.39 is 0 Å². The van der Waals surface area contributed by atoms with Crippen LogP contribution in [0, 0.1) is 0 Å². The number of aliphatic hydroxyl groups excluding tert-OH is 1. The summed E-state index contributed by atoms with van der Waals surface area (Å²) in [5.41, 5.74) is 0. The van der Waals surface area contributed by atoms with E-state index in [0.717, 1.165) is 58.5 Å². The van der Waals surface area contributed by atoms with Crippen LogP contribution in [0.1, 0.15) is 31.1 Å². The number of hydrogen-bond acceptors (Lipinski definition) is 5. The Morgan fingerprint density at radius 1 is 1.29 bits per heavy atom. The highest BCUT2D eigenvalue weighted by molar-refractivity contribution is 7.09. The molecule has 24 heavy (non-hydrogen) atoms. The van der Waals surface area contributed by atoms with Gasteiger partial charge in [-0.15, -0.1) is 11.3 Å². The molecule has 3 heterocycles. The fourth-order valence-corrected chi connectivity index (χ4v) is 4.76. The van der Waals surface area contributed by atoms with Gasteiger partial charge in [0.05, 0.1) is 0 Å². The van der Waals surface area contributed by atoms with E-state index in [9.17, 15) is 9.90 Å². The van der Waals surface area contributed by atoms with Crippen LogP contribution in [0.4, 0.5) is 0 Å². The second kappa shape index (κ2) is 8.43. The Labute approximate surface area is 148 Å². The van der Waals surface area contributed by atoms with Crippen LogP contribution < -0.4 is 0 Å². The fraction of sp³-hybridized carbons (Fsp3) is 0.722. The van der Waals surface area contributed by atoms with Crippen LogP contribution in [0.25, 0.3) is 0 Å². The number of likely N-dealkylation sites (tertiary alicyclic amines) is 1. The van der Waals surface area contributed by atoms with Crippen molar-refractivity contribution in [2.45, 2.75) is 44.8 Å². The summed E-state index contributed by atoms with van der Waals surface area (Å²) in [6, 6.07) is 5.33. The zero-order valence-corrected chi connectivity index (χ0v) is 15.4. The first-order valence-electron chi connectivity index (χ1n) is 9.04. The minimum atomic E-state index is 0.201. The topological polar surface area (TPSA) is 47.0 Å². The summed E-state index contributed by atoms with van der Waals surface area (Å²) < 4.78 is 0. The van der Waals surface area contributed by atoms with E-state index >= 15 is 0 Å². The van der Waals surface area contributed by atoms with Crippen molar-refractivity contribution >= 4 is 17.2 Å². The maximum atomic E-state index is 11.5. The Bertz CT molecular complexity index is 514. The maximum absolute atomic E-state index is 11.5. The molecule has 1 N–H and O–H groups in total. The van der Waals surface area contributed by atoms with E-state index in [1.807, 2.05) is 16.2 Å². The monoisotopic (exact) mass is 351 g/mol. The number of aliphatic hydroxyl groups is 1. The molecule has 2 fully saturated rings. The third-order valence-corrected chi connectivity index (χ3v) is 6.32. The predicted molar refractivity (Wildman–Crippen MR) is 97.1 cm³/mol. The SMILES string of the molecule is CC(=O)N1CCC(N2CCN(Cc3cccs3)[C@@H](CCO)C2)CC1. The van der Waals surface area contributed by atoms with E-state index in [1.165, 1.54) is 4.88 Å². The van der Waals surface area contributed by atoms with Gasteiger partial charge >= 0.3 is 0 Å². The molecular weight excluding hydrogens is 322 g/mol. The lowest BCUT2D eigenvalue weighted by molar-refractivity contribution is -0.130. The lowest BCUT2D eigenvalue weighted by atomic mass is 9.99. The van der Waals surface area contributed by atoms with E-state index in [4.69, 9.17) is 0 Å². The van der Waals surface area contributed by atoms with Gasteiger partial charge in [-0.25, -0.2) is 0 Å². The average molecular weight is 352 g/mol. The minimum Gasteiger partial charge on any atom is -0.396 e. The van der Waals surface area contributed by atoms with Crippen LogP contribution in [-0.2, 0) is 11.3 Å². The molecule has 3 rings (SSSR count). The van der Waals surface area contributed by atoms with E-state index in [1.54, 1.807) is 6.92 Å². The Morgan fingerprint density at radius 2 is 2.08 bits per heavy atom. The first-order valence-corrected chi connectivity index (χ1v) is 9.92. The minimum absolute atomic E-state index is 0.201. The molecule has 2 saturated heterocycles. The molecule has 134 valence electrons. The molecule has 0 aliphatic carbocycles. The molecular formula is C18H29N3O2S. The molecule has 2 aliphatic rings. The average Bonchev–Trinajstić information content (AvgIpc) is 3.10. The standard InChI is InChI=1S/C18H29N3O2S/c1-15(23)19-7-4-16(5-8-19)20-9-10-21(17(13-20)6-11-22)14-18-3-2-12-24-18/h2-3,12,16-17,22H,4-11,13-14H2,1H3/t17-/m0/s1. The number of rotatable bonds is 5. The van der Waals surface area contributed by atoms with Crippen LogP contribution in [0.15, 0.2) is 17.5 Å². The highest BCUT2D eigenvalue weighted by Gasteiger charge is 2.32. The molecule has 6 heteroatoms. The number of piperazine rings is 1. The van der Waals surface area contributed by atoms with Crippen molar-refractivity contribution in [2.75, 3.05) is 39.3 Å². The first kappa shape index (κ1) is 17.9. The van der Waals surface area contributed by atoms with Crippen LogP contribution in [-0.4, -0.2) is 77.1 Å². The fourth-order valence-electron chi connectivity index (χ4n) is 4.03. The summed E-state index contributed by atoms with van der Waals surface area (Å²) in [6.45, 7) is 7.90. The number of amides is 1. The van der Waals surface area contributed by atoms with E-state index in [-0.39, 0.29) is 12.5 Å². The summed E-state index contributed by atoms with van der Waals surface area (Å²) in [5, 5.41) is 11.6. The largest absolute Gasteiger partial charge is 0.396 e. The van der Waals surface area contributed by atoms with Crippen molar-refractivity contribution in [1.29, 1.82) is 0 Å². The number of hydrogen-bond donors (Lipinski definition) is 1. The van der Waals surface area contributed by atoms with Gasteiger partial charge in [0.1, 0.15) is 0 Å². The lowest BCUT2D eigenvalue weighted by Crippen LogP contribution is -2.57. The number of thiophene rings is 1. The molecule has 1 aromatic rings. The van der Waals surface area contributed by atoms with Crippen molar-refractivity contribution in [3.05, 3.63) is 22.4 Å². The second-order valence-corrected chi connectivity index (χ2v) is 7.98. The lowest BCUT2D eigenvalue weighted by Gasteiger charge is -2.46. The van der Waals surface area contributed by atoms with Gasteiger partial charge in [-0.3, -0.25) is 14.6 Å². The van der Waals surface area contributed by atoms with Crippen molar-refractivity contribution in [1.82, 2.24) is 14.7 Å². The molecule has 2 aliphatic heterocycles. The second-order valence-electron chi connectivity index (χ2n) is 6.95. The maximum Gasteiger partial charge on any atom is 0.219 e. The molecule has 0 radical (unpaired) electrons. The van der Waals surface area contributed by atoms with Gasteiger partial charge in [0.15, 0.2) is 0 Å². The van der Waals surface area contributed by atoms with Crippen molar-refractivity contribution in [3.63, 3.8) is 0 Å². The van der Waals surface area contributed by atoms with Crippen molar-refractivity contribution in [3.8, 4) is 0 Å². The number of carbonyl (C=O) groups is 1. The van der Waals surface area contributed by atoms with Gasteiger partial charge in [-0.05, 0) is 30.7 Å². The van der Waals surface area contributed by atoms with Gasteiger partial charge in [-0.1, -0.05) is 6.07 Å². The van der Waals surface area contributed by atoms with Gasteiger partial charge in [0, 0.05) is 69.8 Å². The van der Waals surface area contributed by atoms with Crippen LogP contribution in [0.2, 0.25) is 0 Å². The van der Waals surface area contributed by atoms with Crippen LogP contribution in [0.5, 0.6) is 0 Å². The van der Waals surface area contributed by atoms with E-state index in [2.05, 4.69) is 27.3 Å². The smallest absolute Gasteiger partial charge is 0.219 e. The quantitative estimate of drug-likeness (QED) is 0.876. The summed E-state index contributed by atoms with van der Waals surface area (Å²) >= 11 is 1.81. The summed E-state index contributed by atoms with van der Waals surface area (Å²) in [4.78, 5) is 20.0.